The molecule has 0 unspecified atom stereocenters. The lowest BCUT2D eigenvalue weighted by Gasteiger charge is -2.15. The first-order valence-electron chi connectivity index (χ1n) is 9.11. The van der Waals surface area contributed by atoms with Crippen LogP contribution in [0.25, 0.3) is 0 Å². The number of rotatable bonds is 12. The lowest BCUT2D eigenvalue weighted by atomic mass is 10.3. The summed E-state index contributed by atoms with van der Waals surface area (Å²) >= 11 is 0. The van der Waals surface area contributed by atoms with Gasteiger partial charge in [-0.1, -0.05) is 13.3 Å². The lowest BCUT2D eigenvalue weighted by Crippen LogP contribution is -2.38. The summed E-state index contributed by atoms with van der Waals surface area (Å²) in [5.74, 6) is 0.912. The number of unbranched alkanes of at least 4 members (excludes halogenated alkanes) is 2. The van der Waals surface area contributed by atoms with Crippen molar-refractivity contribution < 1.29 is 4.74 Å². The fraction of sp³-hybridized carbons (Fsp3) is 0.941. The Bertz CT molecular complexity index is 284. The quantitative estimate of drug-likeness (QED) is 0.212. The molecule has 6 heteroatoms. The van der Waals surface area contributed by atoms with Gasteiger partial charge >= 0.3 is 0 Å². The van der Waals surface area contributed by atoms with Crippen molar-refractivity contribution in [3.63, 3.8) is 0 Å². The van der Waals surface area contributed by atoms with Crippen molar-refractivity contribution in [3.05, 3.63) is 0 Å². The molecule has 0 amide bonds. The van der Waals surface area contributed by atoms with Gasteiger partial charge in [-0.3, -0.25) is 4.99 Å². The van der Waals surface area contributed by atoms with Crippen molar-refractivity contribution in [2.75, 3.05) is 53.0 Å². The Morgan fingerprint density at radius 2 is 1.65 bits per heavy atom. The summed E-state index contributed by atoms with van der Waals surface area (Å²) in [5.41, 5.74) is 0. The number of hydrogen-bond donors (Lipinski definition) is 2. The van der Waals surface area contributed by atoms with Gasteiger partial charge in [-0.15, -0.1) is 24.0 Å². The van der Waals surface area contributed by atoms with Crippen LogP contribution >= 0.6 is 24.0 Å². The van der Waals surface area contributed by atoms with Gasteiger partial charge < -0.3 is 20.3 Å². The summed E-state index contributed by atoms with van der Waals surface area (Å²) in [6.45, 7) is 9.68. The first kappa shape index (κ1) is 22.9. The molecule has 0 aromatic carbocycles. The number of nitrogens with zero attached hydrogens (tertiary/aromatic N) is 2. The molecule has 0 bridgehead atoms. The molecule has 1 rings (SSSR count). The van der Waals surface area contributed by atoms with Crippen molar-refractivity contribution in [2.24, 2.45) is 4.99 Å². The molecule has 0 aromatic heterocycles. The molecule has 0 radical (unpaired) electrons. The van der Waals surface area contributed by atoms with Gasteiger partial charge in [-0.05, 0) is 58.2 Å². The largest absolute Gasteiger partial charge is 0.381 e. The topological polar surface area (TPSA) is 48.9 Å². The van der Waals surface area contributed by atoms with E-state index in [0.717, 1.165) is 45.1 Å². The molecular formula is C17H37IN4O. The molecule has 0 aliphatic carbocycles. The number of likely N-dealkylation sites (tertiary alicyclic amines) is 1. The second kappa shape index (κ2) is 16.8. The normalized spacial score (nSPS) is 15.5. The van der Waals surface area contributed by atoms with E-state index in [1.54, 1.807) is 0 Å². The second-order valence-electron chi connectivity index (χ2n) is 6.00. The number of nitrogens with one attached hydrogen (secondary N) is 2. The van der Waals surface area contributed by atoms with Crippen LogP contribution in [0.2, 0.25) is 0 Å². The van der Waals surface area contributed by atoms with Crippen LogP contribution in [0.15, 0.2) is 4.99 Å². The molecule has 5 nitrogen and oxygen atoms in total. The maximum Gasteiger partial charge on any atom is 0.190 e. The predicted molar refractivity (Wildman–Crippen MR) is 110 cm³/mol. The molecule has 0 atom stereocenters. The molecule has 1 heterocycles. The van der Waals surface area contributed by atoms with Crippen molar-refractivity contribution in [3.8, 4) is 0 Å². The monoisotopic (exact) mass is 440 g/mol. The number of hydrogen-bond acceptors (Lipinski definition) is 3. The van der Waals surface area contributed by atoms with E-state index in [4.69, 9.17) is 4.74 Å². The number of guanidine groups is 1. The zero-order valence-electron chi connectivity index (χ0n) is 15.1. The molecule has 23 heavy (non-hydrogen) atoms. The van der Waals surface area contributed by atoms with Crippen LogP contribution in [0.1, 0.15) is 51.9 Å². The minimum Gasteiger partial charge on any atom is -0.381 e. The smallest absolute Gasteiger partial charge is 0.190 e. The fourth-order valence-electron chi connectivity index (χ4n) is 2.62. The number of ether oxygens (including phenoxy) is 1. The third-order valence-electron chi connectivity index (χ3n) is 4.02. The molecule has 1 saturated heterocycles. The van der Waals surface area contributed by atoms with Crippen LogP contribution in [0.4, 0.5) is 0 Å². The lowest BCUT2D eigenvalue weighted by molar-refractivity contribution is 0.129. The molecular weight excluding hydrogens is 403 g/mol. The van der Waals surface area contributed by atoms with Crippen LogP contribution < -0.4 is 10.6 Å². The highest BCUT2D eigenvalue weighted by molar-refractivity contribution is 14.0. The fourth-order valence-corrected chi connectivity index (χ4v) is 2.62. The van der Waals surface area contributed by atoms with E-state index in [1.807, 2.05) is 7.05 Å². The van der Waals surface area contributed by atoms with Crippen LogP contribution in [-0.4, -0.2) is 63.8 Å². The highest BCUT2D eigenvalue weighted by Crippen LogP contribution is 2.07. The van der Waals surface area contributed by atoms with Gasteiger partial charge in [0.15, 0.2) is 5.96 Å². The maximum absolute atomic E-state index is 5.55. The summed E-state index contributed by atoms with van der Waals surface area (Å²) in [4.78, 5) is 6.83. The standard InChI is InChI=1S/C17H36N4O.HI/c1-3-4-15-22-16-9-11-20-17(18-2)19-10-5-6-12-21-13-7-8-14-21;/h3-16H2,1-2H3,(H2,18,19,20);1H. The van der Waals surface area contributed by atoms with E-state index in [1.165, 1.54) is 51.7 Å². The highest BCUT2D eigenvalue weighted by Gasteiger charge is 2.09. The van der Waals surface area contributed by atoms with E-state index < -0.39 is 0 Å². The maximum atomic E-state index is 5.55. The van der Waals surface area contributed by atoms with Crippen molar-refractivity contribution in [2.45, 2.75) is 51.9 Å². The first-order chi connectivity index (χ1) is 10.9. The molecule has 0 spiro atoms. The van der Waals surface area contributed by atoms with Gasteiger partial charge in [0.05, 0.1) is 0 Å². The van der Waals surface area contributed by atoms with E-state index in [0.29, 0.717) is 0 Å². The summed E-state index contributed by atoms with van der Waals surface area (Å²) in [6, 6.07) is 0. The molecule has 0 aromatic rings. The Morgan fingerprint density at radius 3 is 2.30 bits per heavy atom. The van der Waals surface area contributed by atoms with Gasteiger partial charge in [0.2, 0.25) is 0 Å². The average Bonchev–Trinajstić information content (AvgIpc) is 3.05. The predicted octanol–water partition coefficient (Wildman–Crippen LogP) is 2.85. The van der Waals surface area contributed by atoms with Gasteiger partial charge in [-0.2, -0.15) is 0 Å². The van der Waals surface area contributed by atoms with Gasteiger partial charge in [0.1, 0.15) is 0 Å². The van der Waals surface area contributed by atoms with Gasteiger partial charge in [-0.25, -0.2) is 0 Å². The number of halogens is 1. The van der Waals surface area contributed by atoms with E-state index in [9.17, 15) is 0 Å². The Hall–Kier alpha value is -0.0800. The van der Waals surface area contributed by atoms with E-state index in [2.05, 4.69) is 27.4 Å². The first-order valence-corrected chi connectivity index (χ1v) is 9.11. The average molecular weight is 440 g/mol. The van der Waals surface area contributed by atoms with E-state index >= 15 is 0 Å². The molecule has 1 aliphatic heterocycles. The Kier molecular flexibility index (Phi) is 16.7. The Morgan fingerprint density at radius 1 is 1.00 bits per heavy atom. The van der Waals surface area contributed by atoms with Gasteiger partial charge in [0, 0.05) is 33.4 Å². The molecule has 1 fully saturated rings. The van der Waals surface area contributed by atoms with Crippen molar-refractivity contribution >= 4 is 29.9 Å². The van der Waals surface area contributed by atoms with Crippen LogP contribution in [-0.2, 0) is 4.74 Å². The Labute approximate surface area is 160 Å². The zero-order chi connectivity index (χ0) is 15.9. The second-order valence-corrected chi connectivity index (χ2v) is 6.00. The van der Waals surface area contributed by atoms with Gasteiger partial charge in [0.25, 0.3) is 0 Å². The van der Waals surface area contributed by atoms with E-state index in [-0.39, 0.29) is 24.0 Å². The number of aliphatic imine (C=N–C) groups is 1. The van der Waals surface area contributed by atoms with Crippen LogP contribution in [0, 0.1) is 0 Å². The third-order valence-corrected chi connectivity index (χ3v) is 4.02. The van der Waals surface area contributed by atoms with Crippen LogP contribution in [0.3, 0.4) is 0 Å². The minimum absolute atomic E-state index is 0. The summed E-state index contributed by atoms with van der Waals surface area (Å²) in [7, 11) is 1.83. The minimum atomic E-state index is 0. The summed E-state index contributed by atoms with van der Waals surface area (Å²) < 4.78 is 5.55. The Balaban J connectivity index is 0.00000484. The third kappa shape index (κ3) is 12.9. The van der Waals surface area contributed by atoms with Crippen molar-refractivity contribution in [1.82, 2.24) is 15.5 Å². The molecule has 2 N–H and O–H groups in total. The molecule has 138 valence electrons. The SMILES string of the molecule is CCCCOCCCNC(=NC)NCCCCN1CCCC1.I. The molecule has 0 saturated carbocycles. The molecule has 1 aliphatic rings. The highest BCUT2D eigenvalue weighted by atomic mass is 127. The van der Waals surface area contributed by atoms with Crippen LogP contribution in [0.5, 0.6) is 0 Å². The van der Waals surface area contributed by atoms with Crippen molar-refractivity contribution in [1.29, 1.82) is 0 Å². The summed E-state index contributed by atoms with van der Waals surface area (Å²) in [5, 5.41) is 6.73. The summed E-state index contributed by atoms with van der Waals surface area (Å²) in [6.07, 6.45) is 8.64. The zero-order valence-corrected chi connectivity index (χ0v) is 17.4.